The van der Waals surface area contributed by atoms with Crippen molar-refractivity contribution in [1.82, 2.24) is 5.48 Å². The molecule has 2 atom stereocenters. The quantitative estimate of drug-likeness (QED) is 0.234. The first-order chi connectivity index (χ1) is 16.9. The maximum atomic E-state index is 15.0. The lowest BCUT2D eigenvalue weighted by atomic mass is 9.63. The van der Waals surface area contributed by atoms with Crippen LogP contribution in [-0.2, 0) is 21.7 Å². The lowest BCUT2D eigenvalue weighted by Crippen LogP contribution is -2.47. The van der Waals surface area contributed by atoms with Crippen LogP contribution in [0.2, 0.25) is 5.02 Å². The van der Waals surface area contributed by atoms with Gasteiger partial charge >= 0.3 is 5.97 Å². The van der Waals surface area contributed by atoms with Crippen LogP contribution in [0.1, 0.15) is 54.1 Å². The second-order valence-electron chi connectivity index (χ2n) is 8.83. The van der Waals surface area contributed by atoms with Crippen molar-refractivity contribution >= 4 is 23.5 Å². The molecule has 2 unspecified atom stereocenters. The van der Waals surface area contributed by atoms with Crippen molar-refractivity contribution in [2.45, 2.75) is 44.6 Å². The van der Waals surface area contributed by atoms with E-state index in [1.165, 1.54) is 36.4 Å². The molecule has 0 aliphatic heterocycles. The summed E-state index contributed by atoms with van der Waals surface area (Å²) in [6, 6.07) is 20.1. The van der Waals surface area contributed by atoms with Crippen molar-refractivity contribution in [2.24, 2.45) is 5.92 Å². The standard InChI is InChI=1S/C28H27ClFNO4/c1-19-8-5-6-17-28(19,25-23(29)11-7-12-24(25)30)27(33)35-22-15-13-21(14-16-22)26(32)31-34-18-20-9-3-2-4-10-20/h2-4,7,9-16,19H,5-6,8,17-18H2,1H3,(H,31,32). The first-order valence-electron chi connectivity index (χ1n) is 11.6. The number of rotatable bonds is 7. The van der Waals surface area contributed by atoms with Gasteiger partial charge in [-0.15, -0.1) is 0 Å². The Bertz CT molecular complexity index is 1170. The smallest absolute Gasteiger partial charge is 0.322 e. The number of amides is 1. The number of nitrogens with one attached hydrogen (secondary N) is 1. The molecule has 0 radical (unpaired) electrons. The van der Waals surface area contributed by atoms with Crippen molar-refractivity contribution in [3.05, 3.63) is 100 Å². The number of carbonyl (C=O) groups excluding carboxylic acids is 2. The number of halogens is 2. The second-order valence-corrected chi connectivity index (χ2v) is 9.24. The normalized spacial score (nSPS) is 19.7. The van der Waals surface area contributed by atoms with E-state index in [1.807, 2.05) is 37.3 Å². The number of hydroxylamine groups is 1. The summed E-state index contributed by atoms with van der Waals surface area (Å²) in [5.41, 5.74) is 2.69. The average Bonchev–Trinajstić information content (AvgIpc) is 2.86. The summed E-state index contributed by atoms with van der Waals surface area (Å²) in [4.78, 5) is 31.2. The summed E-state index contributed by atoms with van der Waals surface area (Å²) in [7, 11) is 0. The third-order valence-corrected chi connectivity index (χ3v) is 6.96. The van der Waals surface area contributed by atoms with E-state index in [9.17, 15) is 14.0 Å². The van der Waals surface area contributed by atoms with Gasteiger partial charge in [-0.05, 0) is 60.7 Å². The molecule has 7 heteroatoms. The highest BCUT2D eigenvalue weighted by molar-refractivity contribution is 6.31. The van der Waals surface area contributed by atoms with Gasteiger partial charge in [0.2, 0.25) is 0 Å². The molecule has 4 rings (SSSR count). The minimum atomic E-state index is -1.18. The Labute approximate surface area is 209 Å². The van der Waals surface area contributed by atoms with Crippen LogP contribution in [0.25, 0.3) is 0 Å². The molecule has 1 N–H and O–H groups in total. The topological polar surface area (TPSA) is 64.6 Å². The molecular weight excluding hydrogens is 469 g/mol. The average molecular weight is 496 g/mol. The second kappa shape index (κ2) is 11.0. The first-order valence-corrected chi connectivity index (χ1v) is 12.0. The Hall–Kier alpha value is -3.22. The van der Waals surface area contributed by atoms with E-state index >= 15 is 0 Å². The molecular formula is C28H27ClFNO4. The number of hydrogen-bond donors (Lipinski definition) is 1. The number of benzene rings is 3. The third kappa shape index (κ3) is 5.39. The van der Waals surface area contributed by atoms with E-state index in [4.69, 9.17) is 21.2 Å². The van der Waals surface area contributed by atoms with Gasteiger partial charge in [0.25, 0.3) is 5.91 Å². The lowest BCUT2D eigenvalue weighted by molar-refractivity contribution is -0.144. The van der Waals surface area contributed by atoms with Crippen LogP contribution in [0, 0.1) is 11.7 Å². The molecule has 0 spiro atoms. The largest absolute Gasteiger partial charge is 0.426 e. The van der Waals surface area contributed by atoms with E-state index in [2.05, 4.69) is 5.48 Å². The summed E-state index contributed by atoms with van der Waals surface area (Å²) >= 11 is 6.40. The molecule has 3 aromatic carbocycles. The van der Waals surface area contributed by atoms with E-state index in [1.54, 1.807) is 6.07 Å². The van der Waals surface area contributed by atoms with Gasteiger partial charge in [0.1, 0.15) is 17.0 Å². The van der Waals surface area contributed by atoms with Gasteiger partial charge in [0.05, 0.1) is 6.61 Å². The van der Waals surface area contributed by atoms with Gasteiger partial charge < -0.3 is 4.74 Å². The molecule has 1 saturated carbocycles. The molecule has 35 heavy (non-hydrogen) atoms. The van der Waals surface area contributed by atoms with E-state index in [0.717, 1.165) is 24.8 Å². The van der Waals surface area contributed by atoms with Gasteiger partial charge in [-0.1, -0.05) is 67.8 Å². The predicted molar refractivity (Wildman–Crippen MR) is 131 cm³/mol. The van der Waals surface area contributed by atoms with Crippen molar-refractivity contribution in [3.63, 3.8) is 0 Å². The van der Waals surface area contributed by atoms with Crippen LogP contribution in [0.15, 0.2) is 72.8 Å². The van der Waals surface area contributed by atoms with Crippen LogP contribution < -0.4 is 10.2 Å². The molecule has 182 valence electrons. The van der Waals surface area contributed by atoms with Gasteiger partial charge in [-0.3, -0.25) is 14.4 Å². The zero-order chi connectivity index (χ0) is 24.8. The van der Waals surface area contributed by atoms with Crippen LogP contribution in [0.4, 0.5) is 4.39 Å². The minimum absolute atomic E-state index is 0.148. The fourth-order valence-corrected chi connectivity index (χ4v) is 5.07. The Morgan fingerprint density at radius 2 is 1.77 bits per heavy atom. The molecule has 0 saturated heterocycles. The summed E-state index contributed by atoms with van der Waals surface area (Å²) < 4.78 is 20.7. The summed E-state index contributed by atoms with van der Waals surface area (Å²) in [6.45, 7) is 2.17. The molecule has 5 nitrogen and oxygen atoms in total. The number of hydrogen-bond acceptors (Lipinski definition) is 4. The summed E-state index contributed by atoms with van der Waals surface area (Å²) in [5.74, 6) is -1.36. The zero-order valence-electron chi connectivity index (χ0n) is 19.4. The molecule has 1 aliphatic rings. The highest BCUT2D eigenvalue weighted by Crippen LogP contribution is 2.48. The van der Waals surface area contributed by atoms with Crippen LogP contribution >= 0.6 is 11.6 Å². The predicted octanol–water partition coefficient (Wildman–Crippen LogP) is 6.39. The Morgan fingerprint density at radius 3 is 2.46 bits per heavy atom. The van der Waals surface area contributed by atoms with E-state index < -0.39 is 23.1 Å². The minimum Gasteiger partial charge on any atom is -0.426 e. The maximum absolute atomic E-state index is 15.0. The van der Waals surface area contributed by atoms with Crippen LogP contribution in [-0.4, -0.2) is 11.9 Å². The molecule has 1 aliphatic carbocycles. The van der Waals surface area contributed by atoms with Crippen molar-refractivity contribution < 1.29 is 23.6 Å². The van der Waals surface area contributed by atoms with Crippen molar-refractivity contribution in [2.75, 3.05) is 0 Å². The SMILES string of the molecule is CC1CCCCC1(C(=O)Oc1ccc(C(=O)NOCc2ccccc2)cc1)c1c(F)cccc1Cl. The zero-order valence-corrected chi connectivity index (χ0v) is 20.2. The fourth-order valence-electron chi connectivity index (χ4n) is 4.74. The van der Waals surface area contributed by atoms with Crippen LogP contribution in [0.3, 0.4) is 0 Å². The Balaban J connectivity index is 1.47. The van der Waals surface area contributed by atoms with Crippen molar-refractivity contribution in [3.8, 4) is 5.75 Å². The number of ether oxygens (including phenoxy) is 1. The summed E-state index contributed by atoms with van der Waals surface area (Å²) in [5, 5.41) is 0.221. The highest BCUT2D eigenvalue weighted by atomic mass is 35.5. The number of carbonyl (C=O) groups is 2. The molecule has 1 fully saturated rings. The molecule has 0 bridgehead atoms. The summed E-state index contributed by atoms with van der Waals surface area (Å²) in [6.07, 6.45) is 2.94. The monoisotopic (exact) mass is 495 g/mol. The Morgan fingerprint density at radius 1 is 1.03 bits per heavy atom. The van der Waals surface area contributed by atoms with Crippen molar-refractivity contribution in [1.29, 1.82) is 0 Å². The molecule has 1 amide bonds. The Kier molecular flexibility index (Phi) is 7.83. The fraction of sp³-hybridized carbons (Fsp3) is 0.286. The van der Waals surface area contributed by atoms with Gasteiger partial charge in [0, 0.05) is 16.1 Å². The van der Waals surface area contributed by atoms with E-state index in [0.29, 0.717) is 12.0 Å². The van der Waals surface area contributed by atoms with Crippen LogP contribution in [0.5, 0.6) is 5.75 Å². The van der Waals surface area contributed by atoms with Gasteiger partial charge in [-0.25, -0.2) is 9.87 Å². The maximum Gasteiger partial charge on any atom is 0.322 e. The molecule has 0 aromatic heterocycles. The lowest BCUT2D eigenvalue weighted by Gasteiger charge is -2.41. The first kappa shape index (κ1) is 24.9. The highest BCUT2D eigenvalue weighted by Gasteiger charge is 2.50. The van der Waals surface area contributed by atoms with Gasteiger partial charge in [0.15, 0.2) is 0 Å². The van der Waals surface area contributed by atoms with E-state index in [-0.39, 0.29) is 28.9 Å². The molecule has 3 aromatic rings. The third-order valence-electron chi connectivity index (χ3n) is 6.65. The number of esters is 1. The molecule has 0 heterocycles. The van der Waals surface area contributed by atoms with Gasteiger partial charge in [-0.2, -0.15) is 0 Å².